The average molecular weight is 505 g/mol. The van der Waals surface area contributed by atoms with Gasteiger partial charge in [0.2, 0.25) is 0 Å². The highest BCUT2D eigenvalue weighted by atomic mass is 16.6. The minimum Gasteiger partial charge on any atom is -0.494 e. The fourth-order valence-electron chi connectivity index (χ4n) is 4.80. The lowest BCUT2D eigenvalue weighted by Gasteiger charge is -2.33. The number of imidazole rings is 2. The summed E-state index contributed by atoms with van der Waals surface area (Å²) in [7, 11) is 3.50. The quantitative estimate of drug-likeness (QED) is 0.450. The van der Waals surface area contributed by atoms with Gasteiger partial charge in [-0.1, -0.05) is 6.07 Å². The summed E-state index contributed by atoms with van der Waals surface area (Å²) in [6, 6.07) is 9.20. The highest BCUT2D eigenvalue weighted by molar-refractivity contribution is 6.00. The van der Waals surface area contributed by atoms with Crippen LogP contribution in [0, 0.1) is 0 Å². The first-order valence-electron chi connectivity index (χ1n) is 12.4. The summed E-state index contributed by atoms with van der Waals surface area (Å²) < 4.78 is 14.9. The highest BCUT2D eigenvalue weighted by Crippen LogP contribution is 2.32. The number of aromatic nitrogens is 4. The fraction of sp³-hybridized carbons (Fsp3) is 0.407. The van der Waals surface area contributed by atoms with Crippen LogP contribution in [0.25, 0.3) is 28.2 Å². The molecule has 10 heteroatoms. The number of aryl methyl sites for hydroxylation is 1. The lowest BCUT2D eigenvalue weighted by atomic mass is 10.0. The second-order valence-corrected chi connectivity index (χ2v) is 10.4. The van der Waals surface area contributed by atoms with E-state index < -0.39 is 11.7 Å². The number of hydrogen-bond acceptors (Lipinski definition) is 6. The molecule has 1 fully saturated rings. The van der Waals surface area contributed by atoms with Crippen LogP contribution in [0.3, 0.4) is 0 Å². The zero-order valence-corrected chi connectivity index (χ0v) is 21.8. The Morgan fingerprint density at radius 3 is 2.70 bits per heavy atom. The molecule has 0 bridgehead atoms. The van der Waals surface area contributed by atoms with Crippen LogP contribution in [-0.2, 0) is 11.8 Å². The van der Waals surface area contributed by atoms with Crippen molar-refractivity contribution < 1.29 is 19.1 Å². The first-order valence-corrected chi connectivity index (χ1v) is 12.4. The van der Waals surface area contributed by atoms with E-state index in [-0.39, 0.29) is 11.9 Å². The van der Waals surface area contributed by atoms with Crippen LogP contribution >= 0.6 is 0 Å². The lowest BCUT2D eigenvalue weighted by Crippen LogP contribution is -2.50. The first-order chi connectivity index (χ1) is 17.6. The number of rotatable bonds is 4. The standard InChI is InChI=1S/C27H32N6O4/c1-27(2,3)37-26(35)28-18-9-8-12-33(15-18)25(34)17-13-19-23(21(14-17)36-5)31(4)24(30-19)20-16-32-11-7-6-10-22(32)29-20/h6-7,10-11,13-14,16,18H,8-9,12,15H2,1-5H3,(H,28,35)/t18-/m1/s1. The van der Waals surface area contributed by atoms with E-state index in [0.29, 0.717) is 35.7 Å². The largest absolute Gasteiger partial charge is 0.494 e. The Morgan fingerprint density at radius 2 is 1.97 bits per heavy atom. The molecule has 194 valence electrons. The zero-order valence-electron chi connectivity index (χ0n) is 21.8. The maximum Gasteiger partial charge on any atom is 0.407 e. The topological polar surface area (TPSA) is 103 Å². The number of carbonyl (C=O) groups is 2. The van der Waals surface area contributed by atoms with Crippen molar-refractivity contribution in [3.63, 3.8) is 0 Å². The van der Waals surface area contributed by atoms with Gasteiger partial charge >= 0.3 is 6.09 Å². The number of nitrogens with zero attached hydrogens (tertiary/aromatic N) is 5. The minimum atomic E-state index is -0.578. The Kier molecular flexibility index (Phi) is 6.26. The molecular weight excluding hydrogens is 472 g/mol. The molecular formula is C27H32N6O4. The van der Waals surface area contributed by atoms with E-state index in [9.17, 15) is 9.59 Å². The van der Waals surface area contributed by atoms with E-state index in [1.165, 1.54) is 0 Å². The maximum atomic E-state index is 13.5. The number of likely N-dealkylation sites (tertiary alicyclic amines) is 1. The van der Waals surface area contributed by atoms with Crippen LogP contribution in [-0.4, -0.2) is 67.7 Å². The third kappa shape index (κ3) is 4.96. The molecule has 1 N–H and O–H groups in total. The molecule has 1 saturated heterocycles. The monoisotopic (exact) mass is 504 g/mol. The first kappa shape index (κ1) is 24.6. The summed E-state index contributed by atoms with van der Waals surface area (Å²) in [5, 5.41) is 2.90. The number of carbonyl (C=O) groups excluding carboxylic acids is 2. The van der Waals surface area contributed by atoms with Crippen molar-refractivity contribution in [3.8, 4) is 17.3 Å². The number of amides is 2. The summed E-state index contributed by atoms with van der Waals surface area (Å²) in [6.07, 6.45) is 4.97. The highest BCUT2D eigenvalue weighted by Gasteiger charge is 2.28. The SMILES string of the molecule is COc1cc(C(=O)N2CCC[C@@H](NC(=O)OC(C)(C)C)C2)cc2nc(-c3cn4ccccc4n3)n(C)c12. The Bertz CT molecular complexity index is 1450. The summed E-state index contributed by atoms with van der Waals surface area (Å²) in [5.41, 5.74) is 2.90. The summed E-state index contributed by atoms with van der Waals surface area (Å²) in [6.45, 7) is 6.49. The molecule has 0 saturated carbocycles. The zero-order chi connectivity index (χ0) is 26.3. The van der Waals surface area contributed by atoms with Crippen LogP contribution in [0.4, 0.5) is 4.79 Å². The average Bonchev–Trinajstić information content (AvgIpc) is 3.43. The summed E-state index contributed by atoms with van der Waals surface area (Å²) >= 11 is 0. The minimum absolute atomic E-state index is 0.129. The number of nitrogens with one attached hydrogen (secondary N) is 1. The van der Waals surface area contributed by atoms with Crippen molar-refractivity contribution in [3.05, 3.63) is 48.3 Å². The summed E-state index contributed by atoms with van der Waals surface area (Å²) in [4.78, 5) is 37.1. The predicted molar refractivity (Wildman–Crippen MR) is 140 cm³/mol. The molecule has 3 aromatic heterocycles. The van der Waals surface area contributed by atoms with Gasteiger partial charge in [0.1, 0.15) is 28.2 Å². The van der Waals surface area contributed by atoms with E-state index in [2.05, 4.69) is 5.32 Å². The van der Waals surface area contributed by atoms with Gasteiger partial charge in [-0.25, -0.2) is 14.8 Å². The third-order valence-corrected chi connectivity index (χ3v) is 6.42. The molecule has 4 aromatic rings. The summed E-state index contributed by atoms with van der Waals surface area (Å²) in [5.74, 6) is 1.11. The van der Waals surface area contributed by atoms with E-state index in [4.69, 9.17) is 19.4 Å². The van der Waals surface area contributed by atoms with Crippen molar-refractivity contribution in [2.24, 2.45) is 7.05 Å². The van der Waals surface area contributed by atoms with Crippen molar-refractivity contribution >= 4 is 28.7 Å². The fourth-order valence-corrected chi connectivity index (χ4v) is 4.80. The maximum absolute atomic E-state index is 13.5. The van der Waals surface area contributed by atoms with Crippen molar-refractivity contribution in [2.75, 3.05) is 20.2 Å². The molecule has 0 aliphatic carbocycles. The Labute approximate surface area is 215 Å². The van der Waals surface area contributed by atoms with Gasteiger partial charge in [0.25, 0.3) is 5.91 Å². The van der Waals surface area contributed by atoms with Crippen molar-refractivity contribution in [2.45, 2.75) is 45.3 Å². The van der Waals surface area contributed by atoms with Gasteiger partial charge in [-0.3, -0.25) is 4.79 Å². The van der Waals surface area contributed by atoms with E-state index in [0.717, 1.165) is 29.7 Å². The Hall–Kier alpha value is -4.08. The molecule has 5 rings (SSSR count). The molecule has 0 unspecified atom stereocenters. The van der Waals surface area contributed by atoms with Crippen LogP contribution in [0.2, 0.25) is 0 Å². The molecule has 0 radical (unpaired) electrons. The van der Waals surface area contributed by atoms with Crippen LogP contribution in [0.15, 0.2) is 42.7 Å². The van der Waals surface area contributed by atoms with E-state index >= 15 is 0 Å². The van der Waals surface area contributed by atoms with Gasteiger partial charge < -0.3 is 28.7 Å². The van der Waals surface area contributed by atoms with Gasteiger partial charge in [-0.15, -0.1) is 0 Å². The van der Waals surface area contributed by atoms with Crippen molar-refractivity contribution in [1.29, 1.82) is 0 Å². The normalized spacial score (nSPS) is 16.2. The third-order valence-electron chi connectivity index (χ3n) is 6.42. The molecule has 10 nitrogen and oxygen atoms in total. The van der Waals surface area contributed by atoms with Gasteiger partial charge in [0.15, 0.2) is 5.82 Å². The van der Waals surface area contributed by atoms with Gasteiger partial charge in [-0.2, -0.15) is 0 Å². The number of alkyl carbamates (subject to hydrolysis) is 1. The molecule has 0 spiro atoms. The van der Waals surface area contributed by atoms with Crippen LogP contribution in [0.5, 0.6) is 5.75 Å². The van der Waals surface area contributed by atoms with E-state index in [1.54, 1.807) is 24.1 Å². The molecule has 2 amide bonds. The smallest absolute Gasteiger partial charge is 0.407 e. The number of benzene rings is 1. The molecule has 1 aromatic carbocycles. The second-order valence-electron chi connectivity index (χ2n) is 10.4. The number of piperidine rings is 1. The molecule has 1 aliphatic rings. The van der Waals surface area contributed by atoms with Gasteiger partial charge in [0.05, 0.1) is 12.6 Å². The Morgan fingerprint density at radius 1 is 1.16 bits per heavy atom. The lowest BCUT2D eigenvalue weighted by molar-refractivity contribution is 0.0452. The molecule has 1 aliphatic heterocycles. The number of hydrogen-bond donors (Lipinski definition) is 1. The number of fused-ring (bicyclic) bond motifs is 2. The molecule has 1 atom stereocenters. The predicted octanol–water partition coefficient (Wildman–Crippen LogP) is 4.03. The van der Waals surface area contributed by atoms with Gasteiger partial charge in [0, 0.05) is 44.1 Å². The second kappa shape index (κ2) is 9.42. The van der Waals surface area contributed by atoms with Crippen molar-refractivity contribution in [1.82, 2.24) is 29.2 Å². The Balaban J connectivity index is 1.42. The van der Waals surface area contributed by atoms with E-state index in [1.807, 2.05) is 67.4 Å². The van der Waals surface area contributed by atoms with Gasteiger partial charge in [-0.05, 0) is 57.9 Å². The van der Waals surface area contributed by atoms with Crippen LogP contribution in [0.1, 0.15) is 44.0 Å². The molecule has 37 heavy (non-hydrogen) atoms. The van der Waals surface area contributed by atoms with Crippen LogP contribution < -0.4 is 10.1 Å². The number of methoxy groups -OCH3 is 1. The number of pyridine rings is 1. The number of ether oxygens (including phenoxy) is 2. The molecule has 4 heterocycles.